The lowest BCUT2D eigenvalue weighted by molar-refractivity contribution is 0.324. The number of fused-ring (bicyclic) bond motifs is 1. The van der Waals surface area contributed by atoms with E-state index in [4.69, 9.17) is 14.2 Å². The molecular formula is C24H28FN3O3. The molecule has 0 atom stereocenters. The summed E-state index contributed by atoms with van der Waals surface area (Å²) < 4.78 is 30.0. The minimum atomic E-state index is -0.286. The van der Waals surface area contributed by atoms with Crippen molar-refractivity contribution < 1.29 is 18.6 Å². The number of rotatable bonds is 9. The number of pyridine rings is 1. The number of hydrogen-bond acceptors (Lipinski definition) is 6. The minimum absolute atomic E-state index is 0.286. The number of halogens is 1. The normalized spacial score (nSPS) is 11.3. The van der Waals surface area contributed by atoms with E-state index in [1.807, 2.05) is 44.4 Å². The van der Waals surface area contributed by atoms with Crippen LogP contribution in [0, 0.1) is 5.82 Å². The Bertz CT molecular complexity index is 1060. The third-order valence-corrected chi connectivity index (χ3v) is 4.80. The Morgan fingerprint density at radius 3 is 2.29 bits per heavy atom. The van der Waals surface area contributed by atoms with Crippen molar-refractivity contribution in [3.63, 3.8) is 0 Å². The highest BCUT2D eigenvalue weighted by Crippen LogP contribution is 2.38. The summed E-state index contributed by atoms with van der Waals surface area (Å²) in [4.78, 5) is 6.75. The van der Waals surface area contributed by atoms with Crippen LogP contribution in [0.15, 0.2) is 36.4 Å². The molecule has 0 fully saturated rings. The summed E-state index contributed by atoms with van der Waals surface area (Å²) in [5, 5.41) is 4.15. The van der Waals surface area contributed by atoms with Gasteiger partial charge in [0.15, 0.2) is 11.5 Å². The molecule has 0 aliphatic rings. The average Bonchev–Trinajstić information content (AvgIpc) is 2.76. The number of aromatic nitrogens is 1. The number of nitrogens with zero attached hydrogens (tertiary/aromatic N) is 2. The number of methoxy groups -OCH3 is 3. The summed E-state index contributed by atoms with van der Waals surface area (Å²) in [6.45, 7) is 1.59. The van der Waals surface area contributed by atoms with Gasteiger partial charge in [-0.05, 0) is 62.1 Å². The SMILES string of the molecule is COc1cc(/C=C/c2cc(NCCN(C)C)c3cc(F)ccc3n2)cc(OC)c1OC. The molecule has 3 aromatic rings. The molecule has 0 amide bonds. The van der Waals surface area contributed by atoms with E-state index in [2.05, 4.69) is 15.2 Å². The molecule has 0 bridgehead atoms. The second kappa shape index (κ2) is 10.1. The Morgan fingerprint density at radius 1 is 0.968 bits per heavy atom. The standard InChI is InChI=1S/C24H28FN3O3/c1-28(2)11-10-26-21-15-18(27-20-9-7-17(25)14-19(20)21)8-6-16-12-22(29-3)24(31-5)23(13-16)30-4/h6-9,12-15H,10-11H2,1-5H3,(H,26,27)/b8-6+. The third kappa shape index (κ3) is 5.44. The smallest absolute Gasteiger partial charge is 0.203 e. The Balaban J connectivity index is 1.97. The number of benzene rings is 2. The van der Waals surface area contributed by atoms with Gasteiger partial charge in [-0.3, -0.25) is 0 Å². The number of likely N-dealkylation sites (N-methyl/N-ethyl adjacent to an activating group) is 1. The highest BCUT2D eigenvalue weighted by molar-refractivity contribution is 5.93. The van der Waals surface area contributed by atoms with Crippen LogP contribution in [0.4, 0.5) is 10.1 Å². The highest BCUT2D eigenvalue weighted by atomic mass is 19.1. The van der Waals surface area contributed by atoms with Crippen molar-refractivity contribution in [3.8, 4) is 17.2 Å². The molecule has 0 spiro atoms. The van der Waals surface area contributed by atoms with Crippen molar-refractivity contribution in [2.45, 2.75) is 0 Å². The van der Waals surface area contributed by atoms with Crippen LogP contribution in [0.25, 0.3) is 23.1 Å². The maximum atomic E-state index is 13.8. The molecule has 1 N–H and O–H groups in total. The summed E-state index contributed by atoms with van der Waals surface area (Å²) in [7, 11) is 8.76. The Morgan fingerprint density at radius 2 is 1.68 bits per heavy atom. The monoisotopic (exact) mass is 425 g/mol. The van der Waals surface area contributed by atoms with Crippen LogP contribution < -0.4 is 19.5 Å². The van der Waals surface area contributed by atoms with Gasteiger partial charge in [-0.25, -0.2) is 9.37 Å². The minimum Gasteiger partial charge on any atom is -0.493 e. The van der Waals surface area contributed by atoms with E-state index >= 15 is 0 Å². The van der Waals surface area contributed by atoms with E-state index in [9.17, 15) is 4.39 Å². The third-order valence-electron chi connectivity index (χ3n) is 4.80. The molecule has 0 aliphatic carbocycles. The number of ether oxygens (including phenoxy) is 3. The van der Waals surface area contributed by atoms with Crippen molar-refractivity contribution >= 4 is 28.7 Å². The van der Waals surface area contributed by atoms with E-state index in [1.165, 1.54) is 12.1 Å². The maximum Gasteiger partial charge on any atom is 0.203 e. The van der Waals surface area contributed by atoms with E-state index in [1.54, 1.807) is 27.4 Å². The first-order chi connectivity index (χ1) is 14.9. The second-order valence-electron chi connectivity index (χ2n) is 7.28. The maximum absolute atomic E-state index is 13.8. The van der Waals surface area contributed by atoms with Gasteiger partial charge in [-0.1, -0.05) is 6.08 Å². The van der Waals surface area contributed by atoms with Crippen molar-refractivity contribution in [1.29, 1.82) is 0 Å². The van der Waals surface area contributed by atoms with Gasteiger partial charge in [0.05, 0.1) is 32.5 Å². The van der Waals surface area contributed by atoms with Gasteiger partial charge in [0.1, 0.15) is 5.82 Å². The number of anilines is 1. The summed E-state index contributed by atoms with van der Waals surface area (Å²) in [6, 6.07) is 10.3. The zero-order valence-corrected chi connectivity index (χ0v) is 18.5. The largest absolute Gasteiger partial charge is 0.493 e. The van der Waals surface area contributed by atoms with Gasteiger partial charge in [0.25, 0.3) is 0 Å². The van der Waals surface area contributed by atoms with Crippen molar-refractivity contribution in [1.82, 2.24) is 9.88 Å². The first kappa shape index (κ1) is 22.4. The molecule has 0 saturated heterocycles. The van der Waals surface area contributed by atoms with Crippen molar-refractivity contribution in [2.24, 2.45) is 0 Å². The molecule has 0 aliphatic heterocycles. The average molecular weight is 426 g/mol. The molecule has 0 saturated carbocycles. The summed E-state index contributed by atoms with van der Waals surface area (Å²) in [5.41, 5.74) is 3.19. The molecule has 2 aromatic carbocycles. The van der Waals surface area contributed by atoms with Gasteiger partial charge in [-0.2, -0.15) is 0 Å². The van der Waals surface area contributed by atoms with Gasteiger partial charge in [0, 0.05) is 24.2 Å². The molecule has 7 heteroatoms. The number of nitrogens with one attached hydrogen (secondary N) is 1. The summed E-state index contributed by atoms with van der Waals surface area (Å²) >= 11 is 0. The Kier molecular flexibility index (Phi) is 7.31. The first-order valence-electron chi connectivity index (χ1n) is 9.92. The van der Waals surface area contributed by atoms with Crippen molar-refractivity contribution in [2.75, 3.05) is 53.8 Å². The molecule has 1 heterocycles. The van der Waals surface area contributed by atoms with Crippen LogP contribution in [-0.2, 0) is 0 Å². The van der Waals surface area contributed by atoms with E-state index in [-0.39, 0.29) is 5.82 Å². The zero-order chi connectivity index (χ0) is 22.4. The topological polar surface area (TPSA) is 55.9 Å². The predicted octanol–water partition coefficient (Wildman–Crippen LogP) is 4.54. The first-order valence-corrected chi connectivity index (χ1v) is 9.92. The van der Waals surface area contributed by atoms with Crippen LogP contribution >= 0.6 is 0 Å². The lowest BCUT2D eigenvalue weighted by Crippen LogP contribution is -2.20. The summed E-state index contributed by atoms with van der Waals surface area (Å²) in [5.74, 6) is 1.41. The Hall–Kier alpha value is -3.32. The van der Waals surface area contributed by atoms with Crippen LogP contribution in [0.5, 0.6) is 17.2 Å². The molecule has 1 aromatic heterocycles. The van der Waals surface area contributed by atoms with Crippen LogP contribution in [0.3, 0.4) is 0 Å². The van der Waals surface area contributed by atoms with Gasteiger partial charge in [0.2, 0.25) is 5.75 Å². The number of hydrogen-bond donors (Lipinski definition) is 1. The lowest BCUT2D eigenvalue weighted by atomic mass is 10.1. The Labute approximate surface area is 182 Å². The predicted molar refractivity (Wildman–Crippen MR) is 124 cm³/mol. The summed E-state index contributed by atoms with van der Waals surface area (Å²) in [6.07, 6.45) is 3.83. The molecular weight excluding hydrogens is 397 g/mol. The fourth-order valence-corrected chi connectivity index (χ4v) is 3.24. The molecule has 31 heavy (non-hydrogen) atoms. The zero-order valence-electron chi connectivity index (χ0n) is 18.5. The van der Waals surface area contributed by atoms with Gasteiger partial charge in [-0.15, -0.1) is 0 Å². The molecule has 3 rings (SSSR count). The lowest BCUT2D eigenvalue weighted by Gasteiger charge is -2.14. The van der Waals surface area contributed by atoms with Crippen LogP contribution in [0.1, 0.15) is 11.3 Å². The molecule has 0 unspecified atom stereocenters. The van der Waals surface area contributed by atoms with Crippen LogP contribution in [0.2, 0.25) is 0 Å². The van der Waals surface area contributed by atoms with E-state index < -0.39 is 0 Å². The fourth-order valence-electron chi connectivity index (χ4n) is 3.24. The van der Waals surface area contributed by atoms with E-state index in [0.717, 1.165) is 40.9 Å². The molecule has 0 radical (unpaired) electrons. The fraction of sp³-hybridized carbons (Fsp3) is 0.292. The second-order valence-corrected chi connectivity index (χ2v) is 7.28. The quantitative estimate of drug-likeness (QED) is 0.543. The van der Waals surface area contributed by atoms with Crippen LogP contribution in [-0.4, -0.2) is 58.4 Å². The van der Waals surface area contributed by atoms with Gasteiger partial charge < -0.3 is 24.4 Å². The highest BCUT2D eigenvalue weighted by Gasteiger charge is 2.12. The molecule has 164 valence electrons. The van der Waals surface area contributed by atoms with Crippen molar-refractivity contribution in [3.05, 3.63) is 53.5 Å². The van der Waals surface area contributed by atoms with Gasteiger partial charge >= 0.3 is 0 Å². The molecule has 6 nitrogen and oxygen atoms in total. The van der Waals surface area contributed by atoms with E-state index in [0.29, 0.717) is 17.2 Å².